The van der Waals surface area contributed by atoms with Gasteiger partial charge >= 0.3 is 0 Å². The van der Waals surface area contributed by atoms with Crippen LogP contribution in [0.5, 0.6) is 0 Å². The molecule has 0 spiro atoms. The van der Waals surface area contributed by atoms with Crippen LogP contribution in [0.2, 0.25) is 0 Å². The zero-order chi connectivity index (χ0) is 15.2. The third-order valence-corrected chi connectivity index (χ3v) is 3.51. The molecule has 1 aromatic carbocycles. The fourth-order valence-electron chi connectivity index (χ4n) is 2.34. The minimum Gasteiger partial charge on any atom is -0.396 e. The summed E-state index contributed by atoms with van der Waals surface area (Å²) in [6, 6.07) is 12.4. The van der Waals surface area contributed by atoms with Crippen LogP contribution in [0.1, 0.15) is 12.1 Å². The maximum absolute atomic E-state index is 6.24. The first kappa shape index (κ1) is 15.3. The molecule has 4 heteroatoms. The van der Waals surface area contributed by atoms with Gasteiger partial charge in [-0.3, -0.25) is 4.98 Å². The highest BCUT2D eigenvalue weighted by molar-refractivity contribution is 5.75. The molecule has 1 heterocycles. The van der Waals surface area contributed by atoms with Crippen LogP contribution in [0.3, 0.4) is 0 Å². The van der Waals surface area contributed by atoms with E-state index in [1.165, 1.54) is 0 Å². The van der Waals surface area contributed by atoms with E-state index in [-0.39, 0.29) is 0 Å². The lowest BCUT2D eigenvalue weighted by Gasteiger charge is -2.27. The van der Waals surface area contributed by atoms with Crippen molar-refractivity contribution in [1.82, 2.24) is 9.88 Å². The van der Waals surface area contributed by atoms with E-state index in [4.69, 9.17) is 5.73 Å². The van der Waals surface area contributed by atoms with Crippen molar-refractivity contribution in [1.29, 1.82) is 0 Å². The molecule has 2 rings (SSSR count). The molecular formula is C17H24N4. The van der Waals surface area contributed by atoms with Crippen LogP contribution < -0.4 is 10.6 Å². The molecule has 0 atom stereocenters. The summed E-state index contributed by atoms with van der Waals surface area (Å²) in [5.41, 5.74) is 10.1. The Balaban J connectivity index is 2.29. The van der Waals surface area contributed by atoms with Crippen molar-refractivity contribution in [2.45, 2.75) is 13.3 Å². The molecule has 2 aromatic rings. The average Bonchev–Trinajstić information content (AvgIpc) is 2.48. The fraction of sp³-hybridized carbons (Fsp3) is 0.353. The van der Waals surface area contributed by atoms with Crippen molar-refractivity contribution in [3.05, 3.63) is 48.3 Å². The minimum atomic E-state index is 0.756. The monoisotopic (exact) mass is 284 g/mol. The van der Waals surface area contributed by atoms with Crippen molar-refractivity contribution >= 4 is 17.1 Å². The van der Waals surface area contributed by atoms with Gasteiger partial charge in [0.05, 0.1) is 17.1 Å². The van der Waals surface area contributed by atoms with Crippen LogP contribution in [0.4, 0.5) is 17.1 Å². The third-order valence-electron chi connectivity index (χ3n) is 3.51. The molecule has 2 N–H and O–H groups in total. The highest BCUT2D eigenvalue weighted by Crippen LogP contribution is 2.31. The molecule has 0 bridgehead atoms. The second-order valence-electron chi connectivity index (χ2n) is 5.47. The van der Waals surface area contributed by atoms with Crippen LogP contribution in [-0.2, 0) is 0 Å². The van der Waals surface area contributed by atoms with Crippen molar-refractivity contribution in [2.24, 2.45) is 0 Å². The molecule has 4 nitrogen and oxygen atoms in total. The Morgan fingerprint density at radius 3 is 2.43 bits per heavy atom. The minimum absolute atomic E-state index is 0.756. The number of nitrogens with two attached hydrogens (primary N) is 1. The number of pyridine rings is 1. The molecule has 0 saturated carbocycles. The number of aryl methyl sites for hydroxylation is 1. The normalized spacial score (nSPS) is 10.9. The smallest absolute Gasteiger partial charge is 0.0771 e. The summed E-state index contributed by atoms with van der Waals surface area (Å²) >= 11 is 0. The Bertz CT molecular complexity index is 566. The number of nitrogen functional groups attached to an aromatic ring is 1. The Labute approximate surface area is 127 Å². The maximum atomic E-state index is 6.24. The van der Waals surface area contributed by atoms with Gasteiger partial charge in [0, 0.05) is 18.4 Å². The molecular weight excluding hydrogens is 260 g/mol. The number of anilines is 3. The Hall–Kier alpha value is -2.07. The van der Waals surface area contributed by atoms with Gasteiger partial charge in [-0.15, -0.1) is 0 Å². The number of benzene rings is 1. The van der Waals surface area contributed by atoms with Crippen LogP contribution in [-0.4, -0.2) is 37.1 Å². The summed E-state index contributed by atoms with van der Waals surface area (Å²) in [6.07, 6.45) is 2.89. The van der Waals surface area contributed by atoms with Gasteiger partial charge in [0.25, 0.3) is 0 Å². The van der Waals surface area contributed by atoms with Gasteiger partial charge in [0.1, 0.15) is 0 Å². The lowest BCUT2D eigenvalue weighted by molar-refractivity contribution is 0.402. The Morgan fingerprint density at radius 2 is 1.76 bits per heavy atom. The number of hydrogen-bond donors (Lipinski definition) is 1. The van der Waals surface area contributed by atoms with Crippen LogP contribution in [0.15, 0.2) is 42.6 Å². The molecule has 0 aliphatic rings. The van der Waals surface area contributed by atoms with Gasteiger partial charge in [-0.1, -0.05) is 18.2 Å². The van der Waals surface area contributed by atoms with E-state index in [1.54, 1.807) is 0 Å². The van der Waals surface area contributed by atoms with Gasteiger partial charge in [0.2, 0.25) is 0 Å². The highest BCUT2D eigenvalue weighted by atomic mass is 15.2. The number of rotatable bonds is 6. The summed E-state index contributed by atoms with van der Waals surface area (Å²) in [5.74, 6) is 0. The van der Waals surface area contributed by atoms with Gasteiger partial charge in [-0.05, 0) is 52.2 Å². The van der Waals surface area contributed by atoms with Crippen LogP contribution in [0.25, 0.3) is 0 Å². The molecule has 0 fully saturated rings. The molecule has 0 aliphatic heterocycles. The molecule has 0 saturated heterocycles. The van der Waals surface area contributed by atoms with Gasteiger partial charge in [-0.25, -0.2) is 0 Å². The van der Waals surface area contributed by atoms with Gasteiger partial charge in [0.15, 0.2) is 0 Å². The third kappa shape index (κ3) is 3.95. The molecule has 1 aromatic heterocycles. The number of aromatic nitrogens is 1. The second kappa shape index (κ2) is 7.09. The van der Waals surface area contributed by atoms with Gasteiger partial charge < -0.3 is 15.5 Å². The van der Waals surface area contributed by atoms with E-state index < -0.39 is 0 Å². The molecule has 0 amide bonds. The topological polar surface area (TPSA) is 45.4 Å². The second-order valence-corrected chi connectivity index (χ2v) is 5.47. The zero-order valence-corrected chi connectivity index (χ0v) is 13.1. The van der Waals surface area contributed by atoms with E-state index in [9.17, 15) is 0 Å². The fourth-order valence-corrected chi connectivity index (χ4v) is 2.34. The lowest BCUT2D eigenvalue weighted by atomic mass is 10.2. The average molecular weight is 284 g/mol. The van der Waals surface area contributed by atoms with E-state index in [0.29, 0.717) is 0 Å². The van der Waals surface area contributed by atoms with E-state index in [2.05, 4.69) is 53.1 Å². The van der Waals surface area contributed by atoms with E-state index >= 15 is 0 Å². The number of hydrogen-bond acceptors (Lipinski definition) is 4. The van der Waals surface area contributed by atoms with Crippen molar-refractivity contribution < 1.29 is 0 Å². The first-order valence-corrected chi connectivity index (χ1v) is 7.28. The Morgan fingerprint density at radius 1 is 1.05 bits per heavy atom. The quantitative estimate of drug-likeness (QED) is 0.885. The summed E-state index contributed by atoms with van der Waals surface area (Å²) in [5, 5.41) is 0. The summed E-state index contributed by atoms with van der Waals surface area (Å²) < 4.78 is 0. The number of nitrogens with zero attached hydrogens (tertiary/aromatic N) is 3. The zero-order valence-electron chi connectivity index (χ0n) is 13.1. The molecule has 112 valence electrons. The van der Waals surface area contributed by atoms with E-state index in [1.807, 2.05) is 25.3 Å². The molecule has 21 heavy (non-hydrogen) atoms. The predicted octanol–water partition coefficient (Wildman–Crippen LogP) is 3.06. The summed E-state index contributed by atoms with van der Waals surface area (Å²) in [6.45, 7) is 3.92. The van der Waals surface area contributed by atoms with E-state index in [0.717, 1.165) is 42.3 Å². The van der Waals surface area contributed by atoms with Gasteiger partial charge in [-0.2, -0.15) is 0 Å². The SMILES string of the molecule is Cc1nccc(N(CCCN(C)C)c2ccccc2)c1N. The molecule has 0 radical (unpaired) electrons. The first-order valence-electron chi connectivity index (χ1n) is 7.28. The largest absolute Gasteiger partial charge is 0.396 e. The van der Waals surface area contributed by atoms with Crippen molar-refractivity contribution in [3.63, 3.8) is 0 Å². The molecule has 0 aliphatic carbocycles. The highest BCUT2D eigenvalue weighted by Gasteiger charge is 2.13. The predicted molar refractivity (Wildman–Crippen MR) is 90.0 cm³/mol. The first-order chi connectivity index (χ1) is 10.1. The molecule has 0 unspecified atom stereocenters. The standard InChI is InChI=1S/C17H24N4/c1-14-17(18)16(10-11-19-14)21(13-7-12-20(2)3)15-8-5-4-6-9-15/h4-6,8-11H,7,12-13,18H2,1-3H3. The maximum Gasteiger partial charge on any atom is 0.0771 e. The summed E-state index contributed by atoms with van der Waals surface area (Å²) in [4.78, 5) is 8.73. The van der Waals surface area contributed by atoms with Crippen molar-refractivity contribution in [3.8, 4) is 0 Å². The lowest BCUT2D eigenvalue weighted by Crippen LogP contribution is -2.24. The van der Waals surface area contributed by atoms with Crippen LogP contribution >= 0.6 is 0 Å². The number of para-hydroxylation sites is 1. The van der Waals surface area contributed by atoms with Crippen LogP contribution in [0, 0.1) is 6.92 Å². The van der Waals surface area contributed by atoms with Crippen molar-refractivity contribution in [2.75, 3.05) is 37.8 Å². The Kier molecular flexibility index (Phi) is 5.17. The summed E-state index contributed by atoms with van der Waals surface area (Å²) in [7, 11) is 4.19.